The summed E-state index contributed by atoms with van der Waals surface area (Å²) >= 11 is 6.27. The maximum absolute atomic E-state index is 12.5. The molecule has 0 spiro atoms. The minimum atomic E-state index is -0.0381. The van der Waals surface area contributed by atoms with Crippen molar-refractivity contribution < 1.29 is 18.8 Å². The highest BCUT2D eigenvalue weighted by Crippen LogP contribution is 2.38. The molecule has 1 saturated heterocycles. The van der Waals surface area contributed by atoms with E-state index in [-0.39, 0.29) is 6.03 Å². The van der Waals surface area contributed by atoms with Crippen molar-refractivity contribution in [3.05, 3.63) is 40.2 Å². The van der Waals surface area contributed by atoms with E-state index in [1.165, 1.54) is 0 Å². The second-order valence-electron chi connectivity index (χ2n) is 7.28. The van der Waals surface area contributed by atoms with Crippen LogP contribution in [-0.2, 0) is 13.0 Å². The molecule has 9 heteroatoms. The molecule has 2 aliphatic heterocycles. The molecule has 0 radical (unpaired) electrons. The number of halogens is 1. The van der Waals surface area contributed by atoms with Crippen LogP contribution in [-0.4, -0.2) is 66.9 Å². The van der Waals surface area contributed by atoms with Gasteiger partial charge in [0.15, 0.2) is 17.3 Å². The SMILES string of the molecule is Cc1cc(CN2CCN(C(=O)NCCc3cc(Cl)c4c(c3)OCCO4)CC2)on1. The quantitative estimate of drug-likeness (QED) is 0.800. The van der Waals surface area contributed by atoms with Gasteiger partial charge >= 0.3 is 6.03 Å². The van der Waals surface area contributed by atoms with Gasteiger partial charge in [-0.3, -0.25) is 4.90 Å². The number of benzene rings is 1. The number of hydrogen-bond donors (Lipinski definition) is 1. The molecule has 3 heterocycles. The fraction of sp³-hybridized carbons (Fsp3) is 0.500. The van der Waals surface area contributed by atoms with Gasteiger partial charge in [-0.15, -0.1) is 0 Å². The van der Waals surface area contributed by atoms with Crippen molar-refractivity contribution in [2.45, 2.75) is 19.9 Å². The van der Waals surface area contributed by atoms with E-state index in [4.69, 9.17) is 25.6 Å². The average molecular weight is 421 g/mol. The van der Waals surface area contributed by atoms with E-state index in [0.717, 1.165) is 36.7 Å². The third-order valence-electron chi connectivity index (χ3n) is 5.06. The number of nitrogens with one attached hydrogen (secondary N) is 1. The number of aromatic nitrogens is 1. The molecule has 0 bridgehead atoms. The number of rotatable bonds is 5. The van der Waals surface area contributed by atoms with Gasteiger partial charge in [0, 0.05) is 38.8 Å². The van der Waals surface area contributed by atoms with Gasteiger partial charge in [-0.25, -0.2) is 4.79 Å². The van der Waals surface area contributed by atoms with Gasteiger partial charge in [0.25, 0.3) is 0 Å². The lowest BCUT2D eigenvalue weighted by Crippen LogP contribution is -2.51. The number of carbonyl (C=O) groups is 1. The van der Waals surface area contributed by atoms with E-state index in [1.54, 1.807) is 0 Å². The number of hydrogen-bond acceptors (Lipinski definition) is 6. The second-order valence-corrected chi connectivity index (χ2v) is 7.69. The Balaban J connectivity index is 1.21. The third kappa shape index (κ3) is 4.94. The zero-order chi connectivity index (χ0) is 20.2. The van der Waals surface area contributed by atoms with E-state index in [1.807, 2.05) is 30.0 Å². The number of piperazine rings is 1. The number of aryl methyl sites for hydroxylation is 1. The monoisotopic (exact) mass is 420 g/mol. The normalized spacial score (nSPS) is 16.7. The highest BCUT2D eigenvalue weighted by atomic mass is 35.5. The van der Waals surface area contributed by atoms with Gasteiger partial charge < -0.3 is 24.2 Å². The number of urea groups is 1. The lowest BCUT2D eigenvalue weighted by molar-refractivity contribution is 0.128. The van der Waals surface area contributed by atoms with Gasteiger partial charge in [-0.05, 0) is 31.0 Å². The molecular formula is C20H25ClN4O4. The summed E-state index contributed by atoms with van der Waals surface area (Å²) < 4.78 is 16.4. The Bertz CT molecular complexity index is 864. The van der Waals surface area contributed by atoms with Gasteiger partial charge in [0.1, 0.15) is 13.2 Å². The highest BCUT2D eigenvalue weighted by molar-refractivity contribution is 6.32. The summed E-state index contributed by atoms with van der Waals surface area (Å²) in [4.78, 5) is 16.6. The topological polar surface area (TPSA) is 80.1 Å². The molecule has 2 aliphatic rings. The predicted molar refractivity (Wildman–Crippen MR) is 108 cm³/mol. The summed E-state index contributed by atoms with van der Waals surface area (Å²) in [6.07, 6.45) is 0.674. The Morgan fingerprint density at radius 1 is 1.17 bits per heavy atom. The fourth-order valence-corrected chi connectivity index (χ4v) is 3.84. The Morgan fingerprint density at radius 3 is 2.72 bits per heavy atom. The van der Waals surface area contributed by atoms with Gasteiger partial charge in [0.2, 0.25) is 0 Å². The Labute approximate surface area is 174 Å². The van der Waals surface area contributed by atoms with Crippen molar-refractivity contribution in [3.63, 3.8) is 0 Å². The number of fused-ring (bicyclic) bond motifs is 1. The van der Waals surface area contributed by atoms with Crippen molar-refractivity contribution in [2.75, 3.05) is 45.9 Å². The summed E-state index contributed by atoms with van der Waals surface area (Å²) in [5.74, 6) is 2.13. The van der Waals surface area contributed by atoms with E-state index >= 15 is 0 Å². The van der Waals surface area contributed by atoms with Crippen molar-refractivity contribution in [2.24, 2.45) is 0 Å². The van der Waals surface area contributed by atoms with Crippen LogP contribution in [0.25, 0.3) is 0 Å². The molecule has 2 amide bonds. The van der Waals surface area contributed by atoms with Gasteiger partial charge in [-0.2, -0.15) is 0 Å². The summed E-state index contributed by atoms with van der Waals surface area (Å²) in [6.45, 7) is 7.19. The maximum Gasteiger partial charge on any atom is 0.317 e. The largest absolute Gasteiger partial charge is 0.486 e. The second kappa shape index (κ2) is 8.92. The fourth-order valence-electron chi connectivity index (χ4n) is 3.55. The number of amides is 2. The van der Waals surface area contributed by atoms with E-state index in [9.17, 15) is 4.79 Å². The van der Waals surface area contributed by atoms with Crippen molar-refractivity contribution >= 4 is 17.6 Å². The summed E-state index contributed by atoms with van der Waals surface area (Å²) in [7, 11) is 0. The van der Waals surface area contributed by atoms with Crippen LogP contribution in [0.4, 0.5) is 4.79 Å². The Morgan fingerprint density at radius 2 is 1.97 bits per heavy atom. The van der Waals surface area contributed by atoms with E-state index < -0.39 is 0 Å². The first-order chi connectivity index (χ1) is 14.1. The molecule has 4 rings (SSSR count). The van der Waals surface area contributed by atoms with Crippen LogP contribution in [0.15, 0.2) is 22.7 Å². The Kier molecular flexibility index (Phi) is 6.10. The van der Waals surface area contributed by atoms with Gasteiger partial charge in [-0.1, -0.05) is 16.8 Å². The minimum absolute atomic E-state index is 0.0381. The van der Waals surface area contributed by atoms with Crippen LogP contribution in [0.2, 0.25) is 5.02 Å². The first-order valence-corrected chi connectivity index (χ1v) is 10.2. The van der Waals surface area contributed by atoms with Crippen molar-refractivity contribution in [1.82, 2.24) is 20.3 Å². The predicted octanol–water partition coefficient (Wildman–Crippen LogP) is 2.48. The lowest BCUT2D eigenvalue weighted by Gasteiger charge is -2.34. The van der Waals surface area contributed by atoms with Crippen LogP contribution in [0, 0.1) is 6.92 Å². The molecule has 0 aliphatic carbocycles. The molecule has 0 unspecified atom stereocenters. The Hall–Kier alpha value is -2.45. The van der Waals surface area contributed by atoms with Gasteiger partial charge in [0.05, 0.1) is 17.3 Å². The van der Waals surface area contributed by atoms with Crippen LogP contribution in [0.3, 0.4) is 0 Å². The summed E-state index contributed by atoms with van der Waals surface area (Å²) in [5, 5.41) is 7.45. The lowest BCUT2D eigenvalue weighted by atomic mass is 10.1. The summed E-state index contributed by atoms with van der Waals surface area (Å²) in [6, 6.07) is 5.70. The molecule has 0 atom stereocenters. The van der Waals surface area contributed by atoms with Crippen LogP contribution < -0.4 is 14.8 Å². The van der Waals surface area contributed by atoms with E-state index in [2.05, 4.69) is 15.4 Å². The first kappa shape index (κ1) is 19.8. The molecule has 1 aromatic heterocycles. The molecule has 1 N–H and O–H groups in total. The smallest absolute Gasteiger partial charge is 0.317 e. The van der Waals surface area contributed by atoms with Crippen molar-refractivity contribution in [3.8, 4) is 11.5 Å². The minimum Gasteiger partial charge on any atom is -0.486 e. The van der Waals surface area contributed by atoms with Crippen LogP contribution in [0.1, 0.15) is 17.0 Å². The number of carbonyl (C=O) groups excluding carboxylic acids is 1. The molecule has 8 nitrogen and oxygen atoms in total. The van der Waals surface area contributed by atoms with Crippen LogP contribution in [0.5, 0.6) is 11.5 Å². The highest BCUT2D eigenvalue weighted by Gasteiger charge is 2.22. The zero-order valence-corrected chi connectivity index (χ0v) is 17.2. The first-order valence-electron chi connectivity index (χ1n) is 9.84. The third-order valence-corrected chi connectivity index (χ3v) is 5.34. The zero-order valence-electron chi connectivity index (χ0n) is 16.4. The molecule has 156 valence electrons. The molecular weight excluding hydrogens is 396 g/mol. The molecule has 1 fully saturated rings. The maximum atomic E-state index is 12.5. The molecule has 29 heavy (non-hydrogen) atoms. The molecule has 0 saturated carbocycles. The molecule has 1 aromatic carbocycles. The van der Waals surface area contributed by atoms with E-state index in [0.29, 0.717) is 55.8 Å². The van der Waals surface area contributed by atoms with Crippen LogP contribution >= 0.6 is 11.6 Å². The summed E-state index contributed by atoms with van der Waals surface area (Å²) in [5.41, 5.74) is 1.89. The van der Waals surface area contributed by atoms with Crippen molar-refractivity contribution in [1.29, 1.82) is 0 Å². The standard InChI is InChI=1S/C20H25ClN4O4/c1-14-10-16(29-23-14)13-24-4-6-25(7-5-24)20(26)22-3-2-15-11-17(21)19-18(12-15)27-8-9-28-19/h10-12H,2-9,13H2,1H3,(H,22,26). The molecule has 2 aromatic rings. The number of nitrogens with zero attached hydrogens (tertiary/aromatic N) is 3. The number of ether oxygens (including phenoxy) is 2. The average Bonchev–Trinajstić information content (AvgIpc) is 3.13.